The van der Waals surface area contributed by atoms with Crippen LogP contribution in [0.3, 0.4) is 0 Å². The van der Waals surface area contributed by atoms with Crippen molar-refractivity contribution in [1.82, 2.24) is 20.4 Å². The number of phenols is 1. The number of hydrogen-bond donors (Lipinski definition) is 3. The van der Waals surface area contributed by atoms with Gasteiger partial charge in [0, 0.05) is 38.8 Å². The number of aromatic hydroxyl groups is 1. The Morgan fingerprint density at radius 3 is 2.42 bits per heavy atom. The van der Waals surface area contributed by atoms with Crippen LogP contribution in [-0.4, -0.2) is 72.1 Å². The average Bonchev–Trinajstić information content (AvgIpc) is 2.60. The van der Waals surface area contributed by atoms with Crippen LogP contribution in [0.1, 0.15) is 26.3 Å². The molecule has 7 heteroatoms. The number of carbonyl (C=O) groups excluding carboxylic acids is 1. The smallest absolute Gasteiger partial charge is 0.234 e. The minimum absolute atomic E-state index is 0.0846. The van der Waals surface area contributed by atoms with Gasteiger partial charge in [0.25, 0.3) is 0 Å². The van der Waals surface area contributed by atoms with Crippen LogP contribution in [0.15, 0.2) is 29.3 Å². The molecule has 0 radical (unpaired) electrons. The molecule has 1 aliphatic rings. The Morgan fingerprint density at radius 1 is 1.19 bits per heavy atom. The van der Waals surface area contributed by atoms with Crippen LogP contribution >= 0.6 is 0 Å². The van der Waals surface area contributed by atoms with Crippen LogP contribution in [0, 0.1) is 0 Å². The van der Waals surface area contributed by atoms with Gasteiger partial charge in [0.1, 0.15) is 5.75 Å². The highest BCUT2D eigenvalue weighted by molar-refractivity contribution is 5.80. The topological polar surface area (TPSA) is 80.2 Å². The SMILES string of the molecule is CCNC(=NCc1ccc(O)cc1)N1CCN(CC(=O)NC(C)C)CC1. The second kappa shape index (κ2) is 10.0. The molecular formula is C19H31N5O2. The number of hydrogen-bond acceptors (Lipinski definition) is 4. The largest absolute Gasteiger partial charge is 0.508 e. The summed E-state index contributed by atoms with van der Waals surface area (Å²) in [6.45, 7) is 11.2. The van der Waals surface area contributed by atoms with Crippen molar-refractivity contribution >= 4 is 11.9 Å². The molecule has 0 bridgehead atoms. The van der Waals surface area contributed by atoms with Crippen molar-refractivity contribution < 1.29 is 9.90 Å². The molecule has 0 unspecified atom stereocenters. The van der Waals surface area contributed by atoms with Gasteiger partial charge in [0.05, 0.1) is 13.1 Å². The van der Waals surface area contributed by atoms with E-state index in [2.05, 4.69) is 27.4 Å². The molecule has 3 N–H and O–H groups in total. The molecule has 0 saturated carbocycles. The number of nitrogens with one attached hydrogen (secondary N) is 2. The van der Waals surface area contributed by atoms with Crippen molar-refractivity contribution in [3.05, 3.63) is 29.8 Å². The summed E-state index contributed by atoms with van der Waals surface area (Å²) in [5.74, 6) is 1.25. The minimum atomic E-state index is 0.0846. The number of carbonyl (C=O) groups is 1. The molecule has 144 valence electrons. The van der Waals surface area contributed by atoms with Gasteiger partial charge in [-0.1, -0.05) is 12.1 Å². The van der Waals surface area contributed by atoms with E-state index in [1.807, 2.05) is 26.0 Å². The van der Waals surface area contributed by atoms with Gasteiger partial charge in [-0.05, 0) is 38.5 Å². The van der Waals surface area contributed by atoms with Gasteiger partial charge in [-0.25, -0.2) is 4.99 Å². The summed E-state index contributed by atoms with van der Waals surface area (Å²) >= 11 is 0. The first-order chi connectivity index (χ1) is 12.5. The third kappa shape index (κ3) is 6.55. The number of nitrogens with zero attached hydrogens (tertiary/aromatic N) is 3. The molecule has 1 aromatic carbocycles. The van der Waals surface area contributed by atoms with E-state index >= 15 is 0 Å². The summed E-state index contributed by atoms with van der Waals surface area (Å²) in [5, 5.41) is 15.7. The molecule has 1 saturated heterocycles. The van der Waals surface area contributed by atoms with Crippen molar-refractivity contribution in [3.63, 3.8) is 0 Å². The normalized spacial score (nSPS) is 16.0. The first-order valence-corrected chi connectivity index (χ1v) is 9.30. The summed E-state index contributed by atoms with van der Waals surface area (Å²) in [5.41, 5.74) is 1.06. The quantitative estimate of drug-likeness (QED) is 0.520. The van der Waals surface area contributed by atoms with Gasteiger partial charge >= 0.3 is 0 Å². The molecule has 26 heavy (non-hydrogen) atoms. The number of piperazine rings is 1. The zero-order valence-electron chi connectivity index (χ0n) is 16.0. The summed E-state index contributed by atoms with van der Waals surface area (Å²) in [4.78, 5) is 21.0. The Morgan fingerprint density at radius 2 is 1.85 bits per heavy atom. The van der Waals surface area contributed by atoms with Crippen molar-refractivity contribution in [1.29, 1.82) is 0 Å². The molecule has 1 amide bonds. The van der Waals surface area contributed by atoms with E-state index in [4.69, 9.17) is 4.99 Å². The summed E-state index contributed by atoms with van der Waals surface area (Å²) in [6.07, 6.45) is 0. The first kappa shape index (κ1) is 20.0. The van der Waals surface area contributed by atoms with E-state index in [-0.39, 0.29) is 17.7 Å². The fourth-order valence-corrected chi connectivity index (χ4v) is 2.88. The highest BCUT2D eigenvalue weighted by Gasteiger charge is 2.21. The lowest BCUT2D eigenvalue weighted by atomic mass is 10.2. The predicted molar refractivity (Wildman–Crippen MR) is 104 cm³/mol. The molecule has 0 aromatic heterocycles. The lowest BCUT2D eigenvalue weighted by molar-refractivity contribution is -0.123. The second-order valence-corrected chi connectivity index (χ2v) is 6.82. The maximum Gasteiger partial charge on any atom is 0.234 e. The fraction of sp³-hybridized carbons (Fsp3) is 0.579. The number of phenolic OH excluding ortho intramolecular Hbond substituents is 1. The zero-order chi connectivity index (χ0) is 18.9. The van der Waals surface area contributed by atoms with E-state index < -0.39 is 0 Å². The summed E-state index contributed by atoms with van der Waals surface area (Å²) in [6, 6.07) is 7.30. The Kier molecular flexibility index (Phi) is 7.72. The van der Waals surface area contributed by atoms with Gasteiger partial charge in [-0.2, -0.15) is 0 Å². The van der Waals surface area contributed by atoms with E-state index in [0.29, 0.717) is 13.1 Å². The van der Waals surface area contributed by atoms with Crippen molar-refractivity contribution in [2.45, 2.75) is 33.4 Å². The molecule has 0 spiro atoms. The molecule has 0 atom stereocenters. The maximum absolute atomic E-state index is 11.9. The van der Waals surface area contributed by atoms with Gasteiger partial charge in [0.15, 0.2) is 5.96 Å². The number of amides is 1. The standard InChI is InChI=1S/C19H31N5O2/c1-4-20-19(21-13-16-5-7-17(25)8-6-16)24-11-9-23(10-12-24)14-18(26)22-15(2)3/h5-8,15,25H,4,9-14H2,1-3H3,(H,20,21)(H,22,26). The molecule has 1 aliphatic heterocycles. The van der Waals surface area contributed by atoms with Crippen LogP contribution in [0.5, 0.6) is 5.75 Å². The average molecular weight is 361 g/mol. The van der Waals surface area contributed by atoms with E-state index in [9.17, 15) is 9.90 Å². The highest BCUT2D eigenvalue weighted by atomic mass is 16.3. The Bertz CT molecular complexity index is 592. The molecule has 2 rings (SSSR count). The molecule has 0 aliphatic carbocycles. The molecule has 7 nitrogen and oxygen atoms in total. The van der Waals surface area contributed by atoms with Crippen LogP contribution in [-0.2, 0) is 11.3 Å². The lowest BCUT2D eigenvalue weighted by Crippen LogP contribution is -2.54. The minimum Gasteiger partial charge on any atom is -0.508 e. The van der Waals surface area contributed by atoms with E-state index in [0.717, 1.165) is 44.2 Å². The lowest BCUT2D eigenvalue weighted by Gasteiger charge is -2.36. The number of guanidine groups is 1. The van der Waals surface area contributed by atoms with Crippen LogP contribution < -0.4 is 10.6 Å². The van der Waals surface area contributed by atoms with Gasteiger partial charge in [-0.3, -0.25) is 9.69 Å². The second-order valence-electron chi connectivity index (χ2n) is 6.82. The zero-order valence-corrected chi connectivity index (χ0v) is 16.0. The first-order valence-electron chi connectivity index (χ1n) is 9.30. The van der Waals surface area contributed by atoms with E-state index in [1.165, 1.54) is 0 Å². The highest BCUT2D eigenvalue weighted by Crippen LogP contribution is 2.11. The Hall–Kier alpha value is -2.28. The van der Waals surface area contributed by atoms with Crippen LogP contribution in [0.25, 0.3) is 0 Å². The van der Waals surface area contributed by atoms with Gasteiger partial charge in [-0.15, -0.1) is 0 Å². The van der Waals surface area contributed by atoms with Crippen molar-refractivity contribution in [2.24, 2.45) is 4.99 Å². The molecular weight excluding hydrogens is 330 g/mol. The van der Waals surface area contributed by atoms with Crippen molar-refractivity contribution in [2.75, 3.05) is 39.3 Å². The fourth-order valence-electron chi connectivity index (χ4n) is 2.88. The monoisotopic (exact) mass is 361 g/mol. The third-order valence-corrected chi connectivity index (χ3v) is 4.17. The van der Waals surface area contributed by atoms with Crippen LogP contribution in [0.2, 0.25) is 0 Å². The number of benzene rings is 1. The van der Waals surface area contributed by atoms with Crippen LogP contribution in [0.4, 0.5) is 0 Å². The molecule has 1 aromatic rings. The third-order valence-electron chi connectivity index (χ3n) is 4.17. The number of aliphatic imine (C=N–C) groups is 1. The Balaban J connectivity index is 1.87. The summed E-state index contributed by atoms with van der Waals surface area (Å²) in [7, 11) is 0. The Labute approximate surface area is 156 Å². The van der Waals surface area contributed by atoms with E-state index in [1.54, 1.807) is 12.1 Å². The van der Waals surface area contributed by atoms with Gasteiger partial charge < -0.3 is 20.6 Å². The summed E-state index contributed by atoms with van der Waals surface area (Å²) < 4.78 is 0. The van der Waals surface area contributed by atoms with Crippen molar-refractivity contribution in [3.8, 4) is 5.75 Å². The number of rotatable bonds is 6. The molecule has 1 heterocycles. The van der Waals surface area contributed by atoms with Gasteiger partial charge in [0.2, 0.25) is 5.91 Å². The predicted octanol–water partition coefficient (Wildman–Crippen LogP) is 1.000. The molecule has 1 fully saturated rings. The maximum atomic E-state index is 11.9.